The molecule has 2 aliphatic heterocycles. The summed E-state index contributed by atoms with van der Waals surface area (Å²) in [6.07, 6.45) is 2.80. The maximum atomic E-state index is 12.9. The van der Waals surface area contributed by atoms with Crippen LogP contribution in [0.1, 0.15) is 58.8 Å². The molecule has 2 heterocycles. The normalized spacial score (nSPS) is 45.8. The summed E-state index contributed by atoms with van der Waals surface area (Å²) >= 11 is 0. The SMILES string of the molecule is CCCCC[C@@H]1[C@H]2C(=O)OC(=O)[C@@]23CC[C@@]12C(=O)OC(=O)[C@@H]2C[C@H](C)[C@H]3O. The van der Waals surface area contributed by atoms with Crippen molar-refractivity contribution in [3.63, 3.8) is 0 Å². The van der Waals surface area contributed by atoms with Crippen LogP contribution in [-0.4, -0.2) is 35.1 Å². The lowest BCUT2D eigenvalue weighted by Gasteiger charge is -2.54. The molecule has 0 aromatic rings. The summed E-state index contributed by atoms with van der Waals surface area (Å²) < 4.78 is 10.1. The molecule has 27 heavy (non-hydrogen) atoms. The zero-order valence-corrected chi connectivity index (χ0v) is 15.7. The van der Waals surface area contributed by atoms with Gasteiger partial charge in [0.15, 0.2) is 0 Å². The molecule has 0 aromatic carbocycles. The van der Waals surface area contributed by atoms with E-state index in [9.17, 15) is 24.3 Å². The maximum absolute atomic E-state index is 12.9. The van der Waals surface area contributed by atoms with E-state index < -0.39 is 64.5 Å². The van der Waals surface area contributed by atoms with Crippen molar-refractivity contribution < 1.29 is 33.8 Å². The van der Waals surface area contributed by atoms with Crippen molar-refractivity contribution in [2.24, 2.45) is 34.5 Å². The van der Waals surface area contributed by atoms with E-state index in [1.54, 1.807) is 6.92 Å². The highest BCUT2D eigenvalue weighted by molar-refractivity contribution is 6.04. The minimum absolute atomic E-state index is 0.164. The Balaban J connectivity index is 1.89. The summed E-state index contributed by atoms with van der Waals surface area (Å²) in [4.78, 5) is 50.9. The summed E-state index contributed by atoms with van der Waals surface area (Å²) in [7, 11) is 0. The molecule has 7 heteroatoms. The Hall–Kier alpha value is -1.76. The van der Waals surface area contributed by atoms with Gasteiger partial charge in [-0.15, -0.1) is 0 Å². The van der Waals surface area contributed by atoms with Crippen molar-refractivity contribution >= 4 is 23.9 Å². The number of ether oxygens (including phenoxy) is 2. The Morgan fingerprint density at radius 3 is 2.33 bits per heavy atom. The Morgan fingerprint density at radius 1 is 1.00 bits per heavy atom. The van der Waals surface area contributed by atoms with Crippen LogP contribution in [-0.2, 0) is 28.7 Å². The van der Waals surface area contributed by atoms with Gasteiger partial charge in [-0.1, -0.05) is 33.1 Å². The topological polar surface area (TPSA) is 107 Å². The number of hydrogen-bond acceptors (Lipinski definition) is 7. The first-order chi connectivity index (χ1) is 12.8. The number of esters is 4. The molecule has 5 fully saturated rings. The molecular weight excluding hydrogens is 352 g/mol. The molecular formula is C20H26O7. The number of carbonyl (C=O) groups is 4. The molecule has 7 atom stereocenters. The Morgan fingerprint density at radius 2 is 1.63 bits per heavy atom. The van der Waals surface area contributed by atoms with Crippen molar-refractivity contribution in [3.05, 3.63) is 0 Å². The number of hydrogen-bond donors (Lipinski definition) is 1. The molecule has 5 rings (SSSR count). The lowest BCUT2D eigenvalue weighted by molar-refractivity contribution is -0.183. The average Bonchev–Trinajstić information content (AvgIpc) is 3.01. The molecule has 2 spiro atoms. The summed E-state index contributed by atoms with van der Waals surface area (Å²) in [5, 5.41) is 11.1. The number of cyclic esters (lactones) is 4. The molecule has 0 unspecified atom stereocenters. The Labute approximate surface area is 157 Å². The predicted molar refractivity (Wildman–Crippen MR) is 90.7 cm³/mol. The second-order valence-electron chi connectivity index (χ2n) is 8.79. The second-order valence-corrected chi connectivity index (χ2v) is 8.79. The fourth-order valence-corrected chi connectivity index (χ4v) is 6.37. The highest BCUT2D eigenvalue weighted by Gasteiger charge is 2.76. The van der Waals surface area contributed by atoms with Crippen molar-refractivity contribution in [2.45, 2.75) is 64.9 Å². The monoisotopic (exact) mass is 378 g/mol. The van der Waals surface area contributed by atoms with Crippen molar-refractivity contribution in [2.75, 3.05) is 0 Å². The summed E-state index contributed by atoms with van der Waals surface area (Å²) in [5.41, 5.74) is -2.40. The fraction of sp³-hybridized carbons (Fsp3) is 0.800. The first kappa shape index (κ1) is 18.6. The second kappa shape index (κ2) is 6.12. The molecule has 0 aromatic heterocycles. The quantitative estimate of drug-likeness (QED) is 0.451. The fourth-order valence-electron chi connectivity index (χ4n) is 6.37. The molecule has 1 N–H and O–H groups in total. The first-order valence-corrected chi connectivity index (χ1v) is 10.0. The van der Waals surface area contributed by atoms with Crippen LogP contribution >= 0.6 is 0 Å². The lowest BCUT2D eigenvalue weighted by atomic mass is 9.44. The van der Waals surface area contributed by atoms with Crippen LogP contribution in [0, 0.1) is 34.5 Å². The van der Waals surface area contributed by atoms with E-state index in [1.807, 2.05) is 0 Å². The van der Waals surface area contributed by atoms with Crippen LogP contribution in [0.4, 0.5) is 0 Å². The number of unbranched alkanes of at least 4 members (excludes halogenated alkanes) is 2. The van der Waals surface area contributed by atoms with Crippen LogP contribution in [0.3, 0.4) is 0 Å². The summed E-state index contributed by atoms with van der Waals surface area (Å²) in [6, 6.07) is 0. The van der Waals surface area contributed by atoms with Crippen LogP contribution in [0.15, 0.2) is 0 Å². The smallest absolute Gasteiger partial charge is 0.323 e. The molecule has 148 valence electrons. The third-order valence-electron chi connectivity index (χ3n) is 7.67. The zero-order valence-electron chi connectivity index (χ0n) is 15.7. The van der Waals surface area contributed by atoms with E-state index in [4.69, 9.17) is 9.47 Å². The maximum Gasteiger partial charge on any atom is 0.323 e. The number of rotatable bonds is 4. The highest BCUT2D eigenvalue weighted by Crippen LogP contribution is 2.67. The van der Waals surface area contributed by atoms with Crippen LogP contribution < -0.4 is 0 Å². The minimum Gasteiger partial charge on any atom is -0.392 e. The van der Waals surface area contributed by atoms with Gasteiger partial charge in [0.25, 0.3) is 0 Å². The largest absolute Gasteiger partial charge is 0.392 e. The molecule has 0 amide bonds. The van der Waals surface area contributed by atoms with Gasteiger partial charge in [-0.3, -0.25) is 19.2 Å². The van der Waals surface area contributed by atoms with E-state index in [-0.39, 0.29) is 19.3 Å². The van der Waals surface area contributed by atoms with E-state index in [0.717, 1.165) is 19.3 Å². The van der Waals surface area contributed by atoms with E-state index in [2.05, 4.69) is 6.92 Å². The lowest BCUT2D eigenvalue weighted by Crippen LogP contribution is -2.62. The average molecular weight is 378 g/mol. The van der Waals surface area contributed by atoms with Gasteiger partial charge in [-0.2, -0.15) is 0 Å². The Bertz CT molecular complexity index is 715. The summed E-state index contributed by atoms with van der Waals surface area (Å²) in [5.74, 6) is -5.00. The van der Waals surface area contributed by atoms with Crippen molar-refractivity contribution in [1.29, 1.82) is 0 Å². The highest BCUT2D eigenvalue weighted by atomic mass is 16.6. The third-order valence-corrected chi connectivity index (χ3v) is 7.67. The van der Waals surface area contributed by atoms with Crippen molar-refractivity contribution in [1.82, 2.24) is 0 Å². The van der Waals surface area contributed by atoms with Gasteiger partial charge in [-0.25, -0.2) is 0 Å². The van der Waals surface area contributed by atoms with Crippen LogP contribution in [0.25, 0.3) is 0 Å². The van der Waals surface area contributed by atoms with Crippen LogP contribution in [0.5, 0.6) is 0 Å². The molecule has 0 radical (unpaired) electrons. The molecule has 2 bridgehead atoms. The van der Waals surface area contributed by atoms with Gasteiger partial charge >= 0.3 is 23.9 Å². The van der Waals surface area contributed by atoms with Gasteiger partial charge in [0, 0.05) is 0 Å². The van der Waals surface area contributed by atoms with E-state index >= 15 is 0 Å². The third kappa shape index (κ3) is 2.18. The Kier molecular flexibility index (Phi) is 4.22. The first-order valence-electron chi connectivity index (χ1n) is 10.0. The molecule has 3 saturated carbocycles. The van der Waals surface area contributed by atoms with Gasteiger partial charge in [0.05, 0.1) is 23.4 Å². The molecule has 2 saturated heterocycles. The van der Waals surface area contributed by atoms with Gasteiger partial charge in [0.2, 0.25) is 0 Å². The number of aliphatic hydroxyl groups is 1. The van der Waals surface area contributed by atoms with Gasteiger partial charge in [0.1, 0.15) is 5.41 Å². The number of aliphatic hydroxyl groups excluding tert-OH is 1. The standard InChI is InChI=1S/C20H26O7/c1-3-4-5-6-11-13-16(23)27-18(25)20(13)8-7-19(11)12(9-10(2)14(20)21)15(22)26-17(19)24/h10-14,21H,3-9H2,1-2H3/t10-,11+,12-,13-,14+,19+,20-/m0/s1. The zero-order chi connectivity index (χ0) is 19.6. The number of carbonyl (C=O) groups excluding carboxylic acids is 4. The molecule has 5 aliphatic rings. The van der Waals surface area contributed by atoms with E-state index in [0.29, 0.717) is 6.42 Å². The van der Waals surface area contributed by atoms with Crippen molar-refractivity contribution in [3.8, 4) is 0 Å². The number of fused-ring (bicyclic) bond motifs is 3. The predicted octanol–water partition coefficient (Wildman–Crippen LogP) is 1.75. The minimum atomic E-state index is -1.31. The van der Waals surface area contributed by atoms with E-state index in [1.165, 1.54) is 0 Å². The summed E-state index contributed by atoms with van der Waals surface area (Å²) in [6.45, 7) is 3.81. The van der Waals surface area contributed by atoms with Gasteiger partial charge in [-0.05, 0) is 37.5 Å². The van der Waals surface area contributed by atoms with Gasteiger partial charge < -0.3 is 14.6 Å². The molecule has 7 nitrogen and oxygen atoms in total. The van der Waals surface area contributed by atoms with Crippen LogP contribution in [0.2, 0.25) is 0 Å². The molecule has 3 aliphatic carbocycles.